The van der Waals surface area contributed by atoms with E-state index < -0.39 is 0 Å². The van der Waals surface area contributed by atoms with E-state index in [1.807, 2.05) is 0 Å². The van der Waals surface area contributed by atoms with Gasteiger partial charge < -0.3 is 5.32 Å². The van der Waals surface area contributed by atoms with E-state index in [2.05, 4.69) is 20.6 Å². The summed E-state index contributed by atoms with van der Waals surface area (Å²) >= 11 is 1.61. The quantitative estimate of drug-likeness (QED) is 0.795. The standard InChI is InChI=1S/C8H11N5S/c1-2-6(1)9-4-3-7-12-13-5-10-11-8(13)14-7/h5-6,9H,1-4H2. The summed E-state index contributed by atoms with van der Waals surface area (Å²) in [6, 6.07) is 0.778. The van der Waals surface area contributed by atoms with E-state index in [1.54, 1.807) is 22.2 Å². The van der Waals surface area contributed by atoms with Gasteiger partial charge in [-0.15, -0.1) is 10.2 Å². The van der Waals surface area contributed by atoms with Gasteiger partial charge in [-0.3, -0.25) is 0 Å². The molecule has 0 aliphatic heterocycles. The zero-order valence-electron chi connectivity index (χ0n) is 7.68. The van der Waals surface area contributed by atoms with Gasteiger partial charge in [0.1, 0.15) is 11.3 Å². The van der Waals surface area contributed by atoms with Crippen LogP contribution < -0.4 is 5.32 Å². The van der Waals surface area contributed by atoms with Crippen molar-refractivity contribution in [2.45, 2.75) is 25.3 Å². The minimum absolute atomic E-state index is 0.778. The third-order valence-electron chi connectivity index (χ3n) is 2.28. The molecule has 1 N–H and O–H groups in total. The van der Waals surface area contributed by atoms with E-state index in [1.165, 1.54) is 12.8 Å². The molecule has 6 heteroatoms. The van der Waals surface area contributed by atoms with Crippen molar-refractivity contribution in [1.29, 1.82) is 0 Å². The first kappa shape index (κ1) is 8.31. The highest BCUT2D eigenvalue weighted by molar-refractivity contribution is 7.16. The van der Waals surface area contributed by atoms with Gasteiger partial charge in [0.05, 0.1) is 0 Å². The molecule has 0 unspecified atom stereocenters. The molecular formula is C8H11N5S. The minimum atomic E-state index is 0.778. The first-order valence-corrected chi connectivity index (χ1v) is 5.62. The summed E-state index contributed by atoms with van der Waals surface area (Å²) in [6.07, 6.45) is 5.31. The predicted octanol–water partition coefficient (Wildman–Crippen LogP) is 0.480. The molecule has 3 rings (SSSR count). The molecule has 0 saturated heterocycles. The summed E-state index contributed by atoms with van der Waals surface area (Å²) in [7, 11) is 0. The smallest absolute Gasteiger partial charge is 0.234 e. The first-order valence-electron chi connectivity index (χ1n) is 4.81. The van der Waals surface area contributed by atoms with Crippen LogP contribution in [0.5, 0.6) is 0 Å². The molecule has 5 nitrogen and oxygen atoms in total. The first-order chi connectivity index (χ1) is 6.92. The lowest BCUT2D eigenvalue weighted by molar-refractivity contribution is 0.675. The molecule has 0 amide bonds. The molecule has 1 saturated carbocycles. The largest absolute Gasteiger partial charge is 0.314 e. The van der Waals surface area contributed by atoms with Crippen LogP contribution in [0, 0.1) is 0 Å². The van der Waals surface area contributed by atoms with E-state index >= 15 is 0 Å². The Morgan fingerprint density at radius 1 is 1.57 bits per heavy atom. The van der Waals surface area contributed by atoms with E-state index in [0.717, 1.165) is 29.0 Å². The van der Waals surface area contributed by atoms with E-state index in [0.29, 0.717) is 0 Å². The average molecular weight is 209 g/mol. The third kappa shape index (κ3) is 1.62. The highest BCUT2D eigenvalue weighted by atomic mass is 32.1. The number of hydrogen-bond acceptors (Lipinski definition) is 5. The maximum Gasteiger partial charge on any atom is 0.234 e. The van der Waals surface area contributed by atoms with Gasteiger partial charge in [0, 0.05) is 19.0 Å². The maximum absolute atomic E-state index is 4.36. The van der Waals surface area contributed by atoms with Gasteiger partial charge in [-0.05, 0) is 12.8 Å². The molecular weight excluding hydrogens is 198 g/mol. The Morgan fingerprint density at radius 2 is 2.50 bits per heavy atom. The average Bonchev–Trinajstić information content (AvgIpc) is 2.73. The van der Waals surface area contributed by atoms with Crippen molar-refractivity contribution >= 4 is 16.3 Å². The van der Waals surface area contributed by atoms with Crippen LogP contribution in [0.3, 0.4) is 0 Å². The Balaban J connectivity index is 1.63. The Kier molecular flexibility index (Phi) is 1.95. The third-order valence-corrected chi connectivity index (χ3v) is 3.25. The van der Waals surface area contributed by atoms with Crippen LogP contribution in [0.25, 0.3) is 4.96 Å². The van der Waals surface area contributed by atoms with Gasteiger partial charge in [-0.1, -0.05) is 11.3 Å². The molecule has 14 heavy (non-hydrogen) atoms. The van der Waals surface area contributed by atoms with Gasteiger partial charge in [0.25, 0.3) is 0 Å². The number of fused-ring (bicyclic) bond motifs is 1. The molecule has 0 aromatic carbocycles. The molecule has 2 aromatic rings. The molecule has 2 aromatic heterocycles. The summed E-state index contributed by atoms with van der Waals surface area (Å²) in [5.41, 5.74) is 0. The Morgan fingerprint density at radius 3 is 3.29 bits per heavy atom. The number of aromatic nitrogens is 4. The zero-order chi connectivity index (χ0) is 9.38. The highest BCUT2D eigenvalue weighted by Gasteiger charge is 2.19. The Hall–Kier alpha value is -1.01. The summed E-state index contributed by atoms with van der Waals surface area (Å²) < 4.78 is 1.73. The summed E-state index contributed by atoms with van der Waals surface area (Å²) in [5.74, 6) is 0. The molecule has 1 fully saturated rings. The molecule has 74 valence electrons. The monoisotopic (exact) mass is 209 g/mol. The van der Waals surface area contributed by atoms with Crippen LogP contribution in [0.2, 0.25) is 0 Å². The second kappa shape index (κ2) is 3.29. The second-order valence-electron chi connectivity index (χ2n) is 3.53. The fourth-order valence-corrected chi connectivity index (χ4v) is 2.19. The van der Waals surface area contributed by atoms with Crippen molar-refractivity contribution in [3.8, 4) is 0 Å². The van der Waals surface area contributed by atoms with Crippen molar-refractivity contribution in [1.82, 2.24) is 25.1 Å². The van der Waals surface area contributed by atoms with Crippen LogP contribution in [-0.4, -0.2) is 32.4 Å². The van der Waals surface area contributed by atoms with Gasteiger partial charge in [0.15, 0.2) is 0 Å². The van der Waals surface area contributed by atoms with E-state index in [9.17, 15) is 0 Å². The molecule has 2 heterocycles. The summed E-state index contributed by atoms with van der Waals surface area (Å²) in [5, 5.41) is 16.7. The van der Waals surface area contributed by atoms with Crippen molar-refractivity contribution < 1.29 is 0 Å². The lowest BCUT2D eigenvalue weighted by atomic mass is 10.4. The minimum Gasteiger partial charge on any atom is -0.314 e. The molecule has 0 atom stereocenters. The van der Waals surface area contributed by atoms with E-state index in [4.69, 9.17) is 0 Å². The van der Waals surface area contributed by atoms with Gasteiger partial charge >= 0.3 is 0 Å². The lowest BCUT2D eigenvalue weighted by Crippen LogP contribution is -2.19. The summed E-state index contributed by atoms with van der Waals surface area (Å²) in [4.78, 5) is 0.881. The SMILES string of the molecule is c1nnc2sc(CCNC3CC3)nn12. The maximum atomic E-state index is 4.36. The van der Waals surface area contributed by atoms with Crippen LogP contribution in [0.4, 0.5) is 0 Å². The van der Waals surface area contributed by atoms with Gasteiger partial charge in [-0.2, -0.15) is 9.61 Å². The normalized spacial score (nSPS) is 16.6. The number of nitrogens with zero attached hydrogens (tertiary/aromatic N) is 4. The van der Waals surface area contributed by atoms with Crippen LogP contribution in [0.15, 0.2) is 6.33 Å². The Labute approximate surface area is 85.2 Å². The number of rotatable bonds is 4. The number of nitrogens with one attached hydrogen (secondary N) is 1. The number of hydrogen-bond donors (Lipinski definition) is 1. The van der Waals surface area contributed by atoms with E-state index in [-0.39, 0.29) is 0 Å². The van der Waals surface area contributed by atoms with Crippen LogP contribution in [0.1, 0.15) is 17.8 Å². The Bertz CT molecular complexity index is 401. The molecule has 0 bridgehead atoms. The predicted molar refractivity (Wildman–Crippen MR) is 53.4 cm³/mol. The summed E-state index contributed by atoms with van der Waals surface area (Å²) in [6.45, 7) is 1.02. The van der Waals surface area contributed by atoms with Crippen molar-refractivity contribution in [3.63, 3.8) is 0 Å². The van der Waals surface area contributed by atoms with Gasteiger partial charge in [0.2, 0.25) is 4.96 Å². The second-order valence-corrected chi connectivity index (χ2v) is 4.57. The van der Waals surface area contributed by atoms with Crippen molar-refractivity contribution in [2.75, 3.05) is 6.54 Å². The molecule has 1 aliphatic carbocycles. The lowest BCUT2D eigenvalue weighted by Gasteiger charge is -1.97. The fraction of sp³-hybridized carbons (Fsp3) is 0.625. The topological polar surface area (TPSA) is 55.1 Å². The zero-order valence-corrected chi connectivity index (χ0v) is 8.50. The van der Waals surface area contributed by atoms with Gasteiger partial charge in [-0.25, -0.2) is 0 Å². The molecule has 0 spiro atoms. The van der Waals surface area contributed by atoms with Crippen LogP contribution in [-0.2, 0) is 6.42 Å². The van der Waals surface area contributed by atoms with Crippen molar-refractivity contribution in [2.24, 2.45) is 0 Å². The molecule has 1 aliphatic rings. The molecule has 0 radical (unpaired) electrons. The fourth-order valence-electron chi connectivity index (χ4n) is 1.37. The van der Waals surface area contributed by atoms with Crippen molar-refractivity contribution in [3.05, 3.63) is 11.3 Å². The highest BCUT2D eigenvalue weighted by Crippen LogP contribution is 2.18. The van der Waals surface area contributed by atoms with Crippen LogP contribution >= 0.6 is 11.3 Å².